The Hall–Kier alpha value is -1.10. The molecule has 13 heavy (non-hydrogen) atoms. The first kappa shape index (κ1) is 8.50. The van der Waals surface area contributed by atoms with Crippen LogP contribution < -0.4 is 5.73 Å². The number of aromatic nitrogens is 3. The van der Waals surface area contributed by atoms with Crippen molar-refractivity contribution in [2.45, 2.75) is 25.4 Å². The molecule has 5 heteroatoms. The highest BCUT2D eigenvalue weighted by atomic mass is 15.4. The Morgan fingerprint density at radius 2 is 2.31 bits per heavy atom. The maximum Gasteiger partial charge on any atom is 0.239 e. The summed E-state index contributed by atoms with van der Waals surface area (Å²) < 4.78 is 1.92. The number of nitrogen functional groups attached to an aromatic ring is 1. The van der Waals surface area contributed by atoms with Crippen LogP contribution in [-0.2, 0) is 6.54 Å². The third kappa shape index (κ3) is 1.39. The zero-order valence-corrected chi connectivity index (χ0v) is 8.06. The minimum atomic E-state index is 0.374. The zero-order chi connectivity index (χ0) is 9.42. The summed E-state index contributed by atoms with van der Waals surface area (Å²) in [5.41, 5.74) is 5.56. The summed E-state index contributed by atoms with van der Waals surface area (Å²) in [6.07, 6.45) is 2.30. The van der Waals surface area contributed by atoms with Crippen LogP contribution in [0.1, 0.15) is 24.7 Å². The van der Waals surface area contributed by atoms with Gasteiger partial charge < -0.3 is 5.73 Å². The second kappa shape index (κ2) is 2.99. The van der Waals surface area contributed by atoms with Gasteiger partial charge in [-0.3, -0.25) is 4.90 Å². The van der Waals surface area contributed by atoms with E-state index in [1.54, 1.807) is 0 Å². The number of anilines is 1. The quantitative estimate of drug-likeness (QED) is 0.675. The van der Waals surface area contributed by atoms with Crippen LogP contribution in [0.25, 0.3) is 0 Å². The van der Waals surface area contributed by atoms with Gasteiger partial charge in [-0.2, -0.15) is 4.98 Å². The molecule has 1 atom stereocenters. The lowest BCUT2D eigenvalue weighted by Gasteiger charge is -2.27. The van der Waals surface area contributed by atoms with Gasteiger partial charge in [0.1, 0.15) is 5.82 Å². The van der Waals surface area contributed by atoms with Crippen LogP contribution in [0.5, 0.6) is 0 Å². The predicted molar refractivity (Wildman–Crippen MR) is 50.1 cm³/mol. The third-order valence-electron chi connectivity index (χ3n) is 2.49. The van der Waals surface area contributed by atoms with Crippen LogP contribution in [0.2, 0.25) is 0 Å². The van der Waals surface area contributed by atoms with Gasteiger partial charge in [-0.1, -0.05) is 0 Å². The summed E-state index contributed by atoms with van der Waals surface area (Å²) in [7, 11) is 4.12. The summed E-state index contributed by atoms with van der Waals surface area (Å²) in [6, 6.07) is 0.374. The molecule has 0 amide bonds. The number of fused-ring (bicyclic) bond motifs is 1. The molecular formula is C8H15N5. The number of aryl methyl sites for hydroxylation is 1. The van der Waals surface area contributed by atoms with Crippen LogP contribution in [0, 0.1) is 0 Å². The zero-order valence-electron chi connectivity index (χ0n) is 8.06. The van der Waals surface area contributed by atoms with Crippen LogP contribution in [0.3, 0.4) is 0 Å². The fraction of sp³-hybridized carbons (Fsp3) is 0.750. The van der Waals surface area contributed by atoms with Crippen molar-refractivity contribution in [3.63, 3.8) is 0 Å². The van der Waals surface area contributed by atoms with Gasteiger partial charge in [0.25, 0.3) is 0 Å². The Bertz CT molecular complexity index is 303. The fourth-order valence-corrected chi connectivity index (χ4v) is 1.84. The van der Waals surface area contributed by atoms with Crippen molar-refractivity contribution < 1.29 is 0 Å². The van der Waals surface area contributed by atoms with Crippen LogP contribution >= 0.6 is 0 Å². The standard InChI is InChI=1S/C8H15N5/c1-12(2)6-4-3-5-13-7(6)10-8(9)11-13/h6H,3-5H2,1-2H3,(H2,9,11). The molecule has 0 bridgehead atoms. The van der Waals surface area contributed by atoms with Crippen molar-refractivity contribution in [2.24, 2.45) is 0 Å². The van der Waals surface area contributed by atoms with Crippen molar-refractivity contribution in [3.05, 3.63) is 5.82 Å². The van der Waals surface area contributed by atoms with Crippen LogP contribution in [-0.4, -0.2) is 33.8 Å². The highest BCUT2D eigenvalue weighted by molar-refractivity contribution is 5.16. The fourth-order valence-electron chi connectivity index (χ4n) is 1.84. The average Bonchev–Trinajstić information content (AvgIpc) is 2.43. The molecule has 1 aromatic heterocycles. The first-order valence-corrected chi connectivity index (χ1v) is 4.55. The van der Waals surface area contributed by atoms with Crippen molar-refractivity contribution in [1.29, 1.82) is 0 Å². The van der Waals surface area contributed by atoms with Crippen molar-refractivity contribution in [3.8, 4) is 0 Å². The molecule has 5 nitrogen and oxygen atoms in total. The highest BCUT2D eigenvalue weighted by Crippen LogP contribution is 2.26. The van der Waals surface area contributed by atoms with E-state index in [4.69, 9.17) is 5.73 Å². The van der Waals surface area contributed by atoms with E-state index in [2.05, 4.69) is 29.1 Å². The minimum Gasteiger partial charge on any atom is -0.366 e. The molecule has 1 unspecified atom stereocenters. The lowest BCUT2D eigenvalue weighted by molar-refractivity contribution is 0.230. The molecule has 1 aliphatic heterocycles. The van der Waals surface area contributed by atoms with E-state index in [1.807, 2.05) is 4.68 Å². The summed E-state index contributed by atoms with van der Waals surface area (Å²) in [5, 5.41) is 4.14. The van der Waals surface area contributed by atoms with Gasteiger partial charge in [0.2, 0.25) is 5.95 Å². The Morgan fingerprint density at radius 1 is 1.54 bits per heavy atom. The van der Waals surface area contributed by atoms with E-state index >= 15 is 0 Å². The maximum atomic E-state index is 5.56. The Labute approximate surface area is 77.5 Å². The SMILES string of the molecule is CN(C)C1CCCn2nc(N)nc21. The van der Waals surface area contributed by atoms with E-state index in [-0.39, 0.29) is 0 Å². The Kier molecular flexibility index (Phi) is 1.95. The van der Waals surface area contributed by atoms with E-state index < -0.39 is 0 Å². The second-order valence-corrected chi connectivity index (χ2v) is 3.67. The van der Waals surface area contributed by atoms with Gasteiger partial charge in [0.15, 0.2) is 0 Å². The lowest BCUT2D eigenvalue weighted by atomic mass is 10.1. The molecule has 0 aliphatic carbocycles. The summed E-state index contributed by atoms with van der Waals surface area (Å²) in [6.45, 7) is 0.948. The normalized spacial score (nSPS) is 21.9. The molecule has 1 aromatic rings. The summed E-state index contributed by atoms with van der Waals surface area (Å²) >= 11 is 0. The smallest absolute Gasteiger partial charge is 0.239 e. The Balaban J connectivity index is 2.36. The van der Waals surface area contributed by atoms with Crippen molar-refractivity contribution >= 4 is 5.95 Å². The van der Waals surface area contributed by atoms with E-state index in [0.717, 1.165) is 25.2 Å². The first-order chi connectivity index (χ1) is 6.18. The largest absolute Gasteiger partial charge is 0.366 e. The molecule has 2 heterocycles. The third-order valence-corrected chi connectivity index (χ3v) is 2.49. The van der Waals surface area contributed by atoms with Gasteiger partial charge in [0.05, 0.1) is 6.04 Å². The molecule has 0 fully saturated rings. The van der Waals surface area contributed by atoms with E-state index in [9.17, 15) is 0 Å². The molecule has 72 valence electrons. The lowest BCUT2D eigenvalue weighted by Crippen LogP contribution is -2.27. The van der Waals surface area contributed by atoms with Crippen molar-refractivity contribution in [2.75, 3.05) is 19.8 Å². The maximum absolute atomic E-state index is 5.56. The van der Waals surface area contributed by atoms with Gasteiger partial charge in [-0.25, -0.2) is 4.68 Å². The van der Waals surface area contributed by atoms with Crippen molar-refractivity contribution in [1.82, 2.24) is 19.7 Å². The molecular weight excluding hydrogens is 166 g/mol. The highest BCUT2D eigenvalue weighted by Gasteiger charge is 2.24. The topological polar surface area (TPSA) is 60.0 Å². The number of rotatable bonds is 1. The summed E-state index contributed by atoms with van der Waals surface area (Å²) in [5.74, 6) is 1.40. The number of hydrogen-bond acceptors (Lipinski definition) is 4. The predicted octanol–water partition coefficient (Wildman–Crippen LogP) is 0.257. The molecule has 0 radical (unpaired) electrons. The number of hydrogen-bond donors (Lipinski definition) is 1. The van der Waals surface area contributed by atoms with Crippen LogP contribution in [0.15, 0.2) is 0 Å². The monoisotopic (exact) mass is 181 g/mol. The molecule has 0 spiro atoms. The second-order valence-electron chi connectivity index (χ2n) is 3.67. The Morgan fingerprint density at radius 3 is 3.00 bits per heavy atom. The first-order valence-electron chi connectivity index (χ1n) is 4.55. The molecule has 0 saturated carbocycles. The van der Waals surface area contributed by atoms with E-state index in [1.165, 1.54) is 0 Å². The minimum absolute atomic E-state index is 0.374. The van der Waals surface area contributed by atoms with Gasteiger partial charge in [-0.15, -0.1) is 5.10 Å². The van der Waals surface area contributed by atoms with Gasteiger partial charge in [0, 0.05) is 6.54 Å². The average molecular weight is 181 g/mol. The van der Waals surface area contributed by atoms with Gasteiger partial charge >= 0.3 is 0 Å². The number of nitrogens with two attached hydrogens (primary N) is 1. The molecule has 2 N–H and O–H groups in total. The number of nitrogens with zero attached hydrogens (tertiary/aromatic N) is 4. The van der Waals surface area contributed by atoms with Crippen LogP contribution in [0.4, 0.5) is 5.95 Å². The molecule has 0 aromatic carbocycles. The molecule has 0 saturated heterocycles. The summed E-state index contributed by atoms with van der Waals surface area (Å²) in [4.78, 5) is 6.41. The molecule has 2 rings (SSSR count). The van der Waals surface area contributed by atoms with Gasteiger partial charge in [-0.05, 0) is 26.9 Å². The van der Waals surface area contributed by atoms with E-state index in [0.29, 0.717) is 12.0 Å². The molecule has 1 aliphatic rings.